The van der Waals surface area contributed by atoms with Crippen molar-refractivity contribution in [3.05, 3.63) is 39.7 Å². The van der Waals surface area contributed by atoms with Gasteiger partial charge in [0.25, 0.3) is 11.6 Å². The molecule has 0 spiro atoms. The molecule has 1 amide bonds. The minimum atomic E-state index is -0.665. The molecule has 0 heterocycles. The summed E-state index contributed by atoms with van der Waals surface area (Å²) in [6.45, 7) is 0. The molecule has 0 saturated heterocycles. The van der Waals surface area contributed by atoms with Crippen LogP contribution in [0.15, 0.2) is 18.2 Å². The minimum absolute atomic E-state index is 0.0212. The monoisotopic (exact) mass is 280 g/mol. The first-order chi connectivity index (χ1) is 9.58. The van der Waals surface area contributed by atoms with Gasteiger partial charge in [-0.2, -0.15) is 0 Å². The van der Waals surface area contributed by atoms with E-state index in [-0.39, 0.29) is 17.3 Å². The van der Waals surface area contributed by atoms with Crippen LogP contribution in [0, 0.1) is 15.9 Å². The highest BCUT2D eigenvalue weighted by Crippen LogP contribution is 2.21. The Balaban J connectivity index is 2.15. The van der Waals surface area contributed by atoms with E-state index in [2.05, 4.69) is 5.32 Å². The summed E-state index contributed by atoms with van der Waals surface area (Å²) in [5.41, 5.74) is -0.572. The lowest BCUT2D eigenvalue weighted by Crippen LogP contribution is -2.34. The fourth-order valence-electron chi connectivity index (χ4n) is 2.54. The summed E-state index contributed by atoms with van der Waals surface area (Å²) in [6, 6.07) is 2.95. The Morgan fingerprint density at radius 2 is 1.90 bits per heavy atom. The van der Waals surface area contributed by atoms with E-state index in [1.165, 1.54) is 0 Å². The number of nitro groups is 1. The van der Waals surface area contributed by atoms with Crippen LogP contribution in [-0.2, 0) is 0 Å². The lowest BCUT2D eigenvalue weighted by atomic mass is 10.1. The lowest BCUT2D eigenvalue weighted by molar-refractivity contribution is -0.385. The second-order valence-electron chi connectivity index (χ2n) is 5.08. The average molecular weight is 280 g/mol. The predicted molar refractivity (Wildman–Crippen MR) is 72.0 cm³/mol. The smallest absolute Gasteiger partial charge is 0.282 e. The van der Waals surface area contributed by atoms with Gasteiger partial charge < -0.3 is 5.32 Å². The third-order valence-corrected chi connectivity index (χ3v) is 3.59. The maximum absolute atomic E-state index is 13.2. The fourth-order valence-corrected chi connectivity index (χ4v) is 2.54. The molecular weight excluding hydrogens is 263 g/mol. The quantitative estimate of drug-likeness (QED) is 0.525. The van der Waals surface area contributed by atoms with Gasteiger partial charge in [-0.3, -0.25) is 14.9 Å². The van der Waals surface area contributed by atoms with E-state index in [1.807, 2.05) is 0 Å². The second-order valence-corrected chi connectivity index (χ2v) is 5.08. The SMILES string of the molecule is O=C(NC1CCCCCC1)c1cc(F)ccc1[N+](=O)[O-]. The number of halogens is 1. The maximum atomic E-state index is 13.2. The van der Waals surface area contributed by atoms with Crippen LogP contribution in [0.4, 0.5) is 10.1 Å². The van der Waals surface area contributed by atoms with E-state index in [4.69, 9.17) is 0 Å². The standard InChI is InChI=1S/C14H17FN2O3/c15-10-7-8-13(17(19)20)12(9-10)14(18)16-11-5-3-1-2-4-6-11/h7-9,11H,1-6H2,(H,16,18). The highest BCUT2D eigenvalue weighted by atomic mass is 19.1. The Hall–Kier alpha value is -1.98. The number of nitrogens with zero attached hydrogens (tertiary/aromatic N) is 1. The average Bonchev–Trinajstić information content (AvgIpc) is 2.66. The van der Waals surface area contributed by atoms with Gasteiger partial charge in [-0.15, -0.1) is 0 Å². The Morgan fingerprint density at radius 1 is 1.25 bits per heavy atom. The molecule has 0 bridgehead atoms. The van der Waals surface area contributed by atoms with Crippen LogP contribution >= 0.6 is 0 Å². The number of amides is 1. The molecule has 1 aromatic rings. The molecule has 6 heteroatoms. The second kappa shape index (κ2) is 6.45. The van der Waals surface area contributed by atoms with Crippen LogP contribution in [0.25, 0.3) is 0 Å². The summed E-state index contributed by atoms with van der Waals surface area (Å²) in [4.78, 5) is 22.3. The fraction of sp³-hybridized carbons (Fsp3) is 0.500. The third-order valence-electron chi connectivity index (χ3n) is 3.59. The van der Waals surface area contributed by atoms with Crippen molar-refractivity contribution in [2.24, 2.45) is 0 Å². The van der Waals surface area contributed by atoms with Crippen molar-refractivity contribution in [3.63, 3.8) is 0 Å². The van der Waals surface area contributed by atoms with Gasteiger partial charge in [0.15, 0.2) is 0 Å². The summed E-state index contributed by atoms with van der Waals surface area (Å²) in [7, 11) is 0. The highest BCUT2D eigenvalue weighted by molar-refractivity contribution is 5.98. The molecule has 108 valence electrons. The molecule has 0 radical (unpaired) electrons. The summed E-state index contributed by atoms with van der Waals surface area (Å²) >= 11 is 0. The summed E-state index contributed by atoms with van der Waals surface area (Å²) < 4.78 is 13.2. The van der Waals surface area contributed by atoms with Gasteiger partial charge in [0.05, 0.1) is 4.92 Å². The summed E-state index contributed by atoms with van der Waals surface area (Å²) in [5, 5.41) is 13.7. The molecule has 0 atom stereocenters. The molecule has 1 aromatic carbocycles. The molecule has 1 N–H and O–H groups in total. The van der Waals surface area contributed by atoms with Crippen molar-refractivity contribution in [2.45, 2.75) is 44.6 Å². The zero-order valence-electron chi connectivity index (χ0n) is 11.1. The van der Waals surface area contributed by atoms with Crippen molar-refractivity contribution in [1.29, 1.82) is 0 Å². The molecule has 1 aliphatic carbocycles. The predicted octanol–water partition coefficient (Wildman–Crippen LogP) is 3.19. The van der Waals surface area contributed by atoms with Gasteiger partial charge in [-0.05, 0) is 25.0 Å². The van der Waals surface area contributed by atoms with E-state index in [0.29, 0.717) is 0 Å². The number of rotatable bonds is 3. The van der Waals surface area contributed by atoms with Crippen LogP contribution in [-0.4, -0.2) is 16.9 Å². The topological polar surface area (TPSA) is 72.2 Å². The number of nitro benzene ring substituents is 1. The molecule has 1 aliphatic rings. The third kappa shape index (κ3) is 3.53. The Bertz CT molecular complexity index is 511. The Labute approximate surface area is 116 Å². The summed E-state index contributed by atoms with van der Waals surface area (Å²) in [6.07, 6.45) is 6.11. The van der Waals surface area contributed by atoms with Crippen molar-refractivity contribution in [1.82, 2.24) is 5.32 Å². The van der Waals surface area contributed by atoms with Crippen molar-refractivity contribution >= 4 is 11.6 Å². The van der Waals surface area contributed by atoms with E-state index in [1.54, 1.807) is 0 Å². The normalized spacial score (nSPS) is 16.4. The van der Waals surface area contributed by atoms with Gasteiger partial charge in [-0.25, -0.2) is 4.39 Å². The molecule has 0 aromatic heterocycles. The first kappa shape index (κ1) is 14.4. The maximum Gasteiger partial charge on any atom is 0.282 e. The summed E-state index contributed by atoms with van der Waals surface area (Å²) in [5.74, 6) is -1.22. The van der Waals surface area contributed by atoms with Crippen LogP contribution in [0.1, 0.15) is 48.9 Å². The van der Waals surface area contributed by atoms with E-state index in [9.17, 15) is 19.3 Å². The van der Waals surface area contributed by atoms with Gasteiger partial charge in [-0.1, -0.05) is 25.7 Å². The van der Waals surface area contributed by atoms with Gasteiger partial charge >= 0.3 is 0 Å². The van der Waals surface area contributed by atoms with Crippen LogP contribution < -0.4 is 5.32 Å². The van der Waals surface area contributed by atoms with Crippen LogP contribution in [0.2, 0.25) is 0 Å². The van der Waals surface area contributed by atoms with Crippen LogP contribution in [0.3, 0.4) is 0 Å². The molecule has 20 heavy (non-hydrogen) atoms. The number of hydrogen-bond acceptors (Lipinski definition) is 3. The first-order valence-corrected chi connectivity index (χ1v) is 6.83. The number of nitrogens with one attached hydrogen (secondary N) is 1. The lowest BCUT2D eigenvalue weighted by Gasteiger charge is -2.16. The zero-order valence-corrected chi connectivity index (χ0v) is 11.1. The van der Waals surface area contributed by atoms with Gasteiger partial charge in [0, 0.05) is 12.1 Å². The Kier molecular flexibility index (Phi) is 4.65. The molecule has 5 nitrogen and oxygen atoms in total. The molecular formula is C14H17FN2O3. The van der Waals surface area contributed by atoms with E-state index >= 15 is 0 Å². The van der Waals surface area contributed by atoms with E-state index < -0.39 is 16.6 Å². The largest absolute Gasteiger partial charge is 0.349 e. The first-order valence-electron chi connectivity index (χ1n) is 6.83. The van der Waals surface area contributed by atoms with E-state index in [0.717, 1.165) is 56.7 Å². The van der Waals surface area contributed by atoms with Gasteiger partial charge in [0.2, 0.25) is 0 Å². The van der Waals surface area contributed by atoms with Gasteiger partial charge in [0.1, 0.15) is 11.4 Å². The number of carbonyl (C=O) groups is 1. The number of benzene rings is 1. The van der Waals surface area contributed by atoms with Crippen molar-refractivity contribution < 1.29 is 14.1 Å². The number of hydrogen-bond donors (Lipinski definition) is 1. The van der Waals surface area contributed by atoms with Crippen molar-refractivity contribution in [2.75, 3.05) is 0 Å². The Morgan fingerprint density at radius 3 is 2.50 bits per heavy atom. The zero-order chi connectivity index (χ0) is 14.5. The van der Waals surface area contributed by atoms with Crippen molar-refractivity contribution in [3.8, 4) is 0 Å². The molecule has 0 unspecified atom stereocenters. The number of carbonyl (C=O) groups excluding carboxylic acids is 1. The highest BCUT2D eigenvalue weighted by Gasteiger charge is 2.23. The minimum Gasteiger partial charge on any atom is -0.349 e. The molecule has 2 rings (SSSR count). The van der Waals surface area contributed by atoms with Crippen LogP contribution in [0.5, 0.6) is 0 Å². The molecule has 1 saturated carbocycles. The molecule has 1 fully saturated rings. The molecule has 0 aliphatic heterocycles.